The van der Waals surface area contributed by atoms with Gasteiger partial charge in [0.05, 0.1) is 19.8 Å². The average Bonchev–Trinajstić information content (AvgIpc) is 3.06. The first-order chi connectivity index (χ1) is 14.3. The van der Waals surface area contributed by atoms with Gasteiger partial charge in [-0.3, -0.25) is 0 Å². The molecule has 0 radical (unpaired) electrons. The summed E-state index contributed by atoms with van der Waals surface area (Å²) in [4.78, 5) is 11.3. The van der Waals surface area contributed by atoms with Gasteiger partial charge in [0.1, 0.15) is 6.10 Å². The van der Waals surface area contributed by atoms with Crippen LogP contribution in [-0.4, -0.2) is 50.2 Å². The summed E-state index contributed by atoms with van der Waals surface area (Å²) < 4.78 is 21.9. The van der Waals surface area contributed by atoms with Gasteiger partial charge in [0.25, 0.3) is 0 Å². The van der Waals surface area contributed by atoms with Gasteiger partial charge < -0.3 is 24.1 Å². The summed E-state index contributed by atoms with van der Waals surface area (Å²) >= 11 is 0. The normalized spacial score (nSPS) is 21.7. The van der Waals surface area contributed by atoms with Crippen molar-refractivity contribution < 1.29 is 28.8 Å². The van der Waals surface area contributed by atoms with E-state index in [-0.39, 0.29) is 24.0 Å². The maximum Gasteiger partial charge on any atom is 0.343 e. The summed E-state index contributed by atoms with van der Waals surface area (Å²) in [7, 11) is 1.32. The van der Waals surface area contributed by atoms with Crippen LogP contribution in [0.25, 0.3) is 0 Å². The Bertz CT molecular complexity index is 684. The number of esters is 1. The topological polar surface area (TPSA) is 74.2 Å². The molecule has 1 N–H and O–H groups in total. The average molecular weight is 421 g/mol. The molecule has 0 aromatic heterocycles. The number of carbonyl (C=O) groups excluding carboxylic acids is 1. The van der Waals surface area contributed by atoms with E-state index in [0.29, 0.717) is 17.9 Å². The zero-order chi connectivity index (χ0) is 22.0. The maximum absolute atomic E-state index is 11.3. The number of carbonyl (C=O) groups is 1. The number of aliphatic hydroxyl groups is 1. The van der Waals surface area contributed by atoms with Gasteiger partial charge in [-0.25, -0.2) is 4.79 Å². The Balaban J connectivity index is 1.87. The smallest absolute Gasteiger partial charge is 0.343 e. The summed E-state index contributed by atoms with van der Waals surface area (Å²) in [6.45, 7) is 7.83. The van der Waals surface area contributed by atoms with Crippen LogP contribution >= 0.6 is 0 Å². The van der Waals surface area contributed by atoms with Crippen LogP contribution in [0.2, 0.25) is 0 Å². The lowest BCUT2D eigenvalue weighted by atomic mass is 9.89. The fourth-order valence-electron chi connectivity index (χ4n) is 3.46. The molecular weight excluding hydrogens is 384 g/mol. The summed E-state index contributed by atoms with van der Waals surface area (Å²) in [5.41, 5.74) is 0.0705. The third-order valence-corrected chi connectivity index (χ3v) is 5.14. The molecule has 6 nitrogen and oxygen atoms in total. The minimum Gasteiger partial charge on any atom is -0.486 e. The first-order valence-corrected chi connectivity index (χ1v) is 10.7. The van der Waals surface area contributed by atoms with Gasteiger partial charge in [-0.15, -0.1) is 0 Å². The van der Waals surface area contributed by atoms with Gasteiger partial charge in [0, 0.05) is 18.9 Å². The third-order valence-electron chi connectivity index (χ3n) is 5.14. The molecule has 0 aliphatic heterocycles. The van der Waals surface area contributed by atoms with Gasteiger partial charge in [0.2, 0.25) is 0 Å². The molecule has 1 aromatic rings. The largest absolute Gasteiger partial charge is 0.486 e. The predicted molar refractivity (Wildman–Crippen MR) is 116 cm³/mol. The highest BCUT2D eigenvalue weighted by Gasteiger charge is 2.33. The summed E-state index contributed by atoms with van der Waals surface area (Å²) in [6.07, 6.45) is 6.92. The molecule has 168 valence electrons. The lowest BCUT2D eigenvalue weighted by Gasteiger charge is -2.23. The van der Waals surface area contributed by atoms with Crippen LogP contribution in [0.5, 0.6) is 11.5 Å². The van der Waals surface area contributed by atoms with E-state index in [1.165, 1.54) is 7.11 Å². The lowest BCUT2D eigenvalue weighted by Crippen LogP contribution is -2.19. The standard InChI is InChI=1S/C24H36O6/c1-5-13-28-17-24(2,3)12-8-9-18-14-19(15-20(18)25)30-22-11-7-6-10-21(22)29-16-23(26)27-4/h6-11,18-20,25H,5,12-17H2,1-4H3/b9-8+/t18?,19-,20-/m1/s1. The first kappa shape index (κ1) is 24.2. The van der Waals surface area contributed by atoms with Crippen molar-refractivity contribution in [3.8, 4) is 11.5 Å². The summed E-state index contributed by atoms with van der Waals surface area (Å²) in [6, 6.07) is 7.23. The molecule has 0 saturated heterocycles. The Labute approximate surface area is 180 Å². The molecule has 30 heavy (non-hydrogen) atoms. The van der Waals surface area contributed by atoms with E-state index in [1.807, 2.05) is 12.1 Å². The van der Waals surface area contributed by atoms with Crippen molar-refractivity contribution in [1.29, 1.82) is 0 Å². The van der Waals surface area contributed by atoms with Crippen LogP contribution in [0.15, 0.2) is 36.4 Å². The molecule has 1 aliphatic carbocycles. The number of methoxy groups -OCH3 is 1. The van der Waals surface area contributed by atoms with E-state index < -0.39 is 12.1 Å². The zero-order valence-corrected chi connectivity index (χ0v) is 18.6. The van der Waals surface area contributed by atoms with Crippen molar-refractivity contribution in [2.45, 2.75) is 58.7 Å². The molecule has 1 unspecified atom stereocenters. The molecule has 2 rings (SSSR count). The molecule has 0 spiro atoms. The van der Waals surface area contributed by atoms with Gasteiger partial charge in [-0.1, -0.05) is 45.1 Å². The second kappa shape index (κ2) is 12.0. The molecule has 1 aliphatic rings. The molecule has 6 heteroatoms. The van der Waals surface area contributed by atoms with Gasteiger partial charge in [-0.2, -0.15) is 0 Å². The molecule has 1 saturated carbocycles. The van der Waals surface area contributed by atoms with E-state index in [4.69, 9.17) is 14.2 Å². The number of rotatable bonds is 12. The van der Waals surface area contributed by atoms with E-state index in [0.717, 1.165) is 32.5 Å². The number of hydrogen-bond donors (Lipinski definition) is 1. The van der Waals surface area contributed by atoms with Gasteiger partial charge in [0.15, 0.2) is 18.1 Å². The number of benzene rings is 1. The van der Waals surface area contributed by atoms with Crippen LogP contribution in [0, 0.1) is 11.3 Å². The van der Waals surface area contributed by atoms with Crippen LogP contribution in [0.4, 0.5) is 0 Å². The molecular formula is C24H36O6. The van der Waals surface area contributed by atoms with Crippen molar-refractivity contribution in [1.82, 2.24) is 0 Å². The monoisotopic (exact) mass is 420 g/mol. The predicted octanol–water partition coefficient (Wildman–Crippen LogP) is 4.16. The number of allylic oxidation sites excluding steroid dienone is 1. The third kappa shape index (κ3) is 8.00. The van der Waals surface area contributed by atoms with Crippen molar-refractivity contribution >= 4 is 5.97 Å². The molecule has 3 atom stereocenters. The van der Waals surface area contributed by atoms with Crippen LogP contribution in [0.1, 0.15) is 46.5 Å². The Kier molecular flexibility index (Phi) is 9.66. The second-order valence-corrected chi connectivity index (χ2v) is 8.60. The molecule has 0 bridgehead atoms. The quantitative estimate of drug-likeness (QED) is 0.311. The Morgan fingerprint density at radius 1 is 1.23 bits per heavy atom. The molecule has 0 heterocycles. The highest BCUT2D eigenvalue weighted by molar-refractivity contribution is 5.71. The van der Waals surface area contributed by atoms with Gasteiger partial charge in [-0.05, 0) is 36.8 Å². The van der Waals surface area contributed by atoms with Crippen molar-refractivity contribution in [2.75, 3.05) is 26.9 Å². The molecule has 0 amide bonds. The lowest BCUT2D eigenvalue weighted by molar-refractivity contribution is -0.142. The number of aliphatic hydroxyl groups excluding tert-OH is 1. The minimum absolute atomic E-state index is 0.0607. The minimum atomic E-state index is -0.450. The van der Waals surface area contributed by atoms with Crippen LogP contribution < -0.4 is 9.47 Å². The maximum atomic E-state index is 11.3. The number of para-hydroxylation sites is 2. The Morgan fingerprint density at radius 2 is 1.97 bits per heavy atom. The van der Waals surface area contributed by atoms with Crippen LogP contribution in [-0.2, 0) is 14.3 Å². The first-order valence-electron chi connectivity index (χ1n) is 10.7. The molecule has 1 aromatic carbocycles. The number of ether oxygens (including phenoxy) is 4. The summed E-state index contributed by atoms with van der Waals surface area (Å²) in [5, 5.41) is 10.5. The van der Waals surface area contributed by atoms with Crippen molar-refractivity contribution in [2.24, 2.45) is 11.3 Å². The SMILES string of the molecule is CCCOCC(C)(C)C/C=C/C1C[C@@H](Oc2ccccc2OCC(=O)OC)C[C@H]1O. The van der Waals surface area contributed by atoms with Crippen LogP contribution in [0.3, 0.4) is 0 Å². The fraction of sp³-hybridized carbons (Fsp3) is 0.625. The van der Waals surface area contributed by atoms with E-state index in [1.54, 1.807) is 12.1 Å². The highest BCUT2D eigenvalue weighted by atomic mass is 16.6. The highest BCUT2D eigenvalue weighted by Crippen LogP contribution is 2.35. The second-order valence-electron chi connectivity index (χ2n) is 8.60. The van der Waals surface area contributed by atoms with Crippen molar-refractivity contribution in [3.05, 3.63) is 36.4 Å². The van der Waals surface area contributed by atoms with Gasteiger partial charge >= 0.3 is 5.97 Å². The zero-order valence-electron chi connectivity index (χ0n) is 18.6. The Morgan fingerprint density at radius 3 is 2.67 bits per heavy atom. The summed E-state index contributed by atoms with van der Waals surface area (Å²) in [5.74, 6) is 0.669. The van der Waals surface area contributed by atoms with Crippen molar-refractivity contribution in [3.63, 3.8) is 0 Å². The fourth-order valence-corrected chi connectivity index (χ4v) is 3.46. The Hall–Kier alpha value is -2.05. The van der Waals surface area contributed by atoms with E-state index >= 15 is 0 Å². The number of hydrogen-bond acceptors (Lipinski definition) is 6. The van der Waals surface area contributed by atoms with E-state index in [9.17, 15) is 9.90 Å². The molecule has 1 fully saturated rings. The van der Waals surface area contributed by atoms with E-state index in [2.05, 4.69) is 37.7 Å².